The lowest BCUT2D eigenvalue weighted by Crippen LogP contribution is -2.20. The third-order valence-corrected chi connectivity index (χ3v) is 1.25. The summed E-state index contributed by atoms with van der Waals surface area (Å²) in [5.74, 6) is -0.896. The van der Waals surface area contributed by atoms with Crippen molar-refractivity contribution in [3.05, 3.63) is 0 Å². The van der Waals surface area contributed by atoms with Gasteiger partial charge in [0.1, 0.15) is 0 Å². The molecule has 1 heterocycles. The Morgan fingerprint density at radius 1 is 1.89 bits per heavy atom. The molecule has 1 rings (SSSR count). The Hall–Kier alpha value is -0.610. The quantitative estimate of drug-likeness (QED) is 0.515. The van der Waals surface area contributed by atoms with Crippen molar-refractivity contribution in [3.8, 4) is 0 Å². The Morgan fingerprint density at radius 3 is 2.78 bits per heavy atom. The fraction of sp³-hybridized carbons (Fsp3) is 0.800. The van der Waals surface area contributed by atoms with Crippen molar-refractivity contribution in [1.82, 2.24) is 5.48 Å². The van der Waals surface area contributed by atoms with Crippen LogP contribution in [0.5, 0.6) is 0 Å². The third kappa shape index (κ3) is 1.40. The fourth-order valence-corrected chi connectivity index (χ4v) is 0.767. The van der Waals surface area contributed by atoms with Crippen molar-refractivity contribution in [1.29, 1.82) is 0 Å². The van der Waals surface area contributed by atoms with E-state index >= 15 is 0 Å². The van der Waals surface area contributed by atoms with Crippen molar-refractivity contribution >= 4 is 5.97 Å². The predicted molar refractivity (Wildman–Crippen MR) is 29.7 cm³/mol. The van der Waals surface area contributed by atoms with E-state index in [2.05, 4.69) is 10.3 Å². The van der Waals surface area contributed by atoms with Crippen LogP contribution in [-0.2, 0) is 9.63 Å². The maximum absolute atomic E-state index is 10.2. The van der Waals surface area contributed by atoms with Crippen LogP contribution in [0.4, 0.5) is 0 Å². The highest BCUT2D eigenvalue weighted by Crippen LogP contribution is 2.08. The number of rotatable bonds is 1. The number of hydrogen-bond donors (Lipinski definition) is 2. The summed E-state index contributed by atoms with van der Waals surface area (Å²) in [5, 5.41) is 8.37. The highest BCUT2D eigenvalue weighted by molar-refractivity contribution is 5.72. The van der Waals surface area contributed by atoms with Gasteiger partial charge in [-0.2, -0.15) is 5.48 Å². The SMILES string of the molecule is C[C@H]1C[C@H](C(=O)O)ON1. The van der Waals surface area contributed by atoms with E-state index in [4.69, 9.17) is 5.11 Å². The van der Waals surface area contributed by atoms with Gasteiger partial charge < -0.3 is 5.11 Å². The lowest BCUT2D eigenvalue weighted by atomic mass is 10.2. The smallest absolute Gasteiger partial charge is 0.335 e. The van der Waals surface area contributed by atoms with Gasteiger partial charge in [-0.15, -0.1) is 0 Å². The fourth-order valence-electron chi connectivity index (χ4n) is 0.767. The van der Waals surface area contributed by atoms with Gasteiger partial charge in [-0.25, -0.2) is 4.79 Å². The maximum atomic E-state index is 10.2. The van der Waals surface area contributed by atoms with Crippen LogP contribution in [0, 0.1) is 0 Å². The molecule has 0 aromatic rings. The summed E-state index contributed by atoms with van der Waals surface area (Å²) in [6, 6.07) is 0.158. The van der Waals surface area contributed by atoms with Crippen LogP contribution in [0.2, 0.25) is 0 Å². The normalized spacial score (nSPS) is 34.8. The molecule has 0 aromatic carbocycles. The molecule has 2 N–H and O–H groups in total. The van der Waals surface area contributed by atoms with Gasteiger partial charge in [0.15, 0.2) is 6.10 Å². The van der Waals surface area contributed by atoms with Crippen LogP contribution in [0.15, 0.2) is 0 Å². The van der Waals surface area contributed by atoms with Crippen LogP contribution in [0.1, 0.15) is 13.3 Å². The minimum absolute atomic E-state index is 0.158. The summed E-state index contributed by atoms with van der Waals surface area (Å²) in [4.78, 5) is 14.9. The van der Waals surface area contributed by atoms with Crippen molar-refractivity contribution in [2.75, 3.05) is 0 Å². The minimum Gasteiger partial charge on any atom is -0.479 e. The molecule has 0 saturated carbocycles. The van der Waals surface area contributed by atoms with E-state index in [9.17, 15) is 4.79 Å². The first-order valence-corrected chi connectivity index (χ1v) is 2.84. The summed E-state index contributed by atoms with van der Waals surface area (Å²) in [7, 11) is 0. The van der Waals surface area contributed by atoms with E-state index in [0.29, 0.717) is 6.42 Å². The van der Waals surface area contributed by atoms with Crippen LogP contribution < -0.4 is 5.48 Å². The summed E-state index contributed by atoms with van der Waals surface area (Å²) in [6.07, 6.45) is -0.102. The largest absolute Gasteiger partial charge is 0.479 e. The first kappa shape index (κ1) is 6.51. The number of nitrogens with one attached hydrogen (secondary N) is 1. The molecule has 0 unspecified atom stereocenters. The summed E-state index contributed by atoms with van der Waals surface area (Å²) in [6.45, 7) is 1.88. The minimum atomic E-state index is -0.896. The second-order valence-electron chi connectivity index (χ2n) is 2.20. The molecule has 9 heavy (non-hydrogen) atoms. The van der Waals surface area contributed by atoms with E-state index in [1.54, 1.807) is 0 Å². The standard InChI is InChI=1S/C5H9NO3/c1-3-2-4(5(7)8)9-6-3/h3-4,6H,2H2,1H3,(H,7,8)/t3-,4+/m0/s1. The zero-order chi connectivity index (χ0) is 6.85. The molecule has 0 bridgehead atoms. The third-order valence-electron chi connectivity index (χ3n) is 1.25. The van der Waals surface area contributed by atoms with Gasteiger partial charge in [0.05, 0.1) is 0 Å². The van der Waals surface area contributed by atoms with Gasteiger partial charge in [0.25, 0.3) is 0 Å². The molecule has 1 aliphatic rings. The number of carboxylic acids is 1. The second kappa shape index (κ2) is 2.33. The second-order valence-corrected chi connectivity index (χ2v) is 2.20. The van der Waals surface area contributed by atoms with Crippen molar-refractivity contribution < 1.29 is 14.7 Å². The average molecular weight is 131 g/mol. The molecule has 0 spiro atoms. The van der Waals surface area contributed by atoms with E-state index in [0.717, 1.165) is 0 Å². The molecule has 1 fully saturated rings. The zero-order valence-electron chi connectivity index (χ0n) is 5.13. The van der Waals surface area contributed by atoms with E-state index in [-0.39, 0.29) is 6.04 Å². The van der Waals surface area contributed by atoms with E-state index in [1.165, 1.54) is 0 Å². The van der Waals surface area contributed by atoms with Crippen LogP contribution in [-0.4, -0.2) is 23.2 Å². The monoisotopic (exact) mass is 131 g/mol. The van der Waals surface area contributed by atoms with Gasteiger partial charge >= 0.3 is 5.97 Å². The van der Waals surface area contributed by atoms with Crippen LogP contribution in [0.3, 0.4) is 0 Å². The first-order chi connectivity index (χ1) is 4.20. The van der Waals surface area contributed by atoms with Crippen LogP contribution in [0.25, 0.3) is 0 Å². The number of carboxylic acid groups (broad SMARTS) is 1. The molecule has 1 saturated heterocycles. The first-order valence-electron chi connectivity index (χ1n) is 2.84. The highest BCUT2D eigenvalue weighted by atomic mass is 16.7. The molecule has 0 radical (unpaired) electrons. The Kier molecular flexibility index (Phi) is 1.68. The molecule has 0 aromatic heterocycles. The summed E-state index contributed by atoms with van der Waals surface area (Å²) in [5.41, 5.74) is 2.57. The Labute approximate surface area is 52.8 Å². The Bertz CT molecular complexity index is 125. The molecule has 2 atom stereocenters. The Morgan fingerprint density at radius 2 is 2.56 bits per heavy atom. The van der Waals surface area contributed by atoms with Gasteiger partial charge in [0.2, 0.25) is 0 Å². The predicted octanol–water partition coefficient (Wildman–Crippen LogP) is -0.247. The molecule has 4 heteroatoms. The topological polar surface area (TPSA) is 58.6 Å². The number of hydrogen-bond acceptors (Lipinski definition) is 3. The zero-order valence-corrected chi connectivity index (χ0v) is 5.13. The number of aliphatic carboxylic acids is 1. The highest BCUT2D eigenvalue weighted by Gasteiger charge is 2.27. The molecule has 1 aliphatic heterocycles. The van der Waals surface area contributed by atoms with Gasteiger partial charge in [0, 0.05) is 12.5 Å². The van der Waals surface area contributed by atoms with Crippen molar-refractivity contribution in [3.63, 3.8) is 0 Å². The molecular formula is C5H9NO3. The Balaban J connectivity index is 2.39. The average Bonchev–Trinajstić information content (AvgIpc) is 2.14. The molecular weight excluding hydrogens is 122 g/mol. The van der Waals surface area contributed by atoms with Gasteiger partial charge in [-0.3, -0.25) is 4.84 Å². The van der Waals surface area contributed by atoms with Crippen molar-refractivity contribution in [2.45, 2.75) is 25.5 Å². The maximum Gasteiger partial charge on any atom is 0.335 e. The summed E-state index contributed by atoms with van der Waals surface area (Å²) >= 11 is 0. The lowest BCUT2D eigenvalue weighted by molar-refractivity contribution is -0.150. The van der Waals surface area contributed by atoms with Crippen molar-refractivity contribution in [2.24, 2.45) is 0 Å². The van der Waals surface area contributed by atoms with Crippen LogP contribution >= 0.6 is 0 Å². The molecule has 4 nitrogen and oxygen atoms in total. The number of hydroxylamine groups is 1. The lowest BCUT2D eigenvalue weighted by Gasteiger charge is -1.97. The van der Waals surface area contributed by atoms with E-state index in [1.807, 2.05) is 6.92 Å². The molecule has 52 valence electrons. The number of carbonyl (C=O) groups is 1. The van der Waals surface area contributed by atoms with Gasteiger partial charge in [-0.05, 0) is 6.92 Å². The summed E-state index contributed by atoms with van der Waals surface area (Å²) < 4.78 is 0. The van der Waals surface area contributed by atoms with Gasteiger partial charge in [-0.1, -0.05) is 0 Å². The molecule has 0 amide bonds. The van der Waals surface area contributed by atoms with E-state index < -0.39 is 12.1 Å². The molecule has 0 aliphatic carbocycles.